The van der Waals surface area contributed by atoms with Crippen molar-refractivity contribution in [3.63, 3.8) is 0 Å². The Balaban J connectivity index is 2.57. The van der Waals surface area contributed by atoms with Gasteiger partial charge in [0.1, 0.15) is 5.56 Å². The van der Waals surface area contributed by atoms with Crippen molar-refractivity contribution in [2.24, 2.45) is 0 Å². The zero-order valence-electron chi connectivity index (χ0n) is 11.4. The van der Waals surface area contributed by atoms with Crippen LogP contribution in [0.3, 0.4) is 0 Å². The number of nitrogens with one attached hydrogen (secondary N) is 2. The molecule has 1 aromatic heterocycles. The molecule has 0 spiro atoms. The van der Waals surface area contributed by atoms with Crippen LogP contribution in [0.1, 0.15) is 31.1 Å². The SMILES string of the molecule is CC(C)(C)NC(=O)c1cc2ccc(O)c(O)c2[nH]c1=O. The van der Waals surface area contributed by atoms with Crippen LogP contribution in [0.15, 0.2) is 23.0 Å². The van der Waals surface area contributed by atoms with E-state index in [1.54, 1.807) is 0 Å². The zero-order valence-corrected chi connectivity index (χ0v) is 11.4. The molecule has 4 N–H and O–H groups in total. The first-order valence-corrected chi connectivity index (χ1v) is 6.09. The molecule has 0 unspecified atom stereocenters. The first kappa shape index (κ1) is 13.9. The Labute approximate surface area is 115 Å². The van der Waals surface area contributed by atoms with Crippen LogP contribution in [0.25, 0.3) is 10.9 Å². The lowest BCUT2D eigenvalue weighted by Gasteiger charge is -2.20. The molecule has 1 heterocycles. The molecule has 0 fully saturated rings. The standard InChI is InChI=1S/C14H16N2O4/c1-14(2,3)16-13(20)8-6-7-4-5-9(17)11(18)10(7)15-12(8)19/h4-6,17-18H,1-3H3,(H,15,19)(H,16,20). The molecule has 1 amide bonds. The number of aromatic hydroxyl groups is 2. The number of H-pyrrole nitrogens is 1. The van der Waals surface area contributed by atoms with Gasteiger partial charge in [-0.3, -0.25) is 9.59 Å². The maximum absolute atomic E-state index is 12.0. The van der Waals surface area contributed by atoms with Crippen LogP contribution in [0, 0.1) is 0 Å². The highest BCUT2D eigenvalue weighted by Gasteiger charge is 2.19. The van der Waals surface area contributed by atoms with Gasteiger partial charge >= 0.3 is 0 Å². The molecule has 20 heavy (non-hydrogen) atoms. The predicted octanol–water partition coefficient (Wildman–Crippen LogP) is 1.47. The van der Waals surface area contributed by atoms with Crippen LogP contribution in [0.2, 0.25) is 0 Å². The molecule has 2 aromatic rings. The van der Waals surface area contributed by atoms with Gasteiger partial charge in [0, 0.05) is 10.9 Å². The molecule has 2 rings (SSSR count). The Bertz CT molecular complexity index is 741. The van der Waals surface area contributed by atoms with Crippen LogP contribution in [0.4, 0.5) is 0 Å². The molecule has 6 heteroatoms. The number of amides is 1. The number of aromatic nitrogens is 1. The second-order valence-electron chi connectivity index (χ2n) is 5.61. The number of fused-ring (bicyclic) bond motifs is 1. The number of carbonyl (C=O) groups is 1. The van der Waals surface area contributed by atoms with Gasteiger partial charge in [-0.25, -0.2) is 0 Å². The molecule has 0 radical (unpaired) electrons. The molecule has 0 aliphatic heterocycles. The minimum absolute atomic E-state index is 0.0440. The lowest BCUT2D eigenvalue weighted by atomic mass is 10.1. The summed E-state index contributed by atoms with van der Waals surface area (Å²) in [7, 11) is 0. The van der Waals surface area contributed by atoms with E-state index in [1.165, 1.54) is 18.2 Å². The molecule has 106 valence electrons. The fourth-order valence-corrected chi connectivity index (χ4v) is 1.83. The summed E-state index contributed by atoms with van der Waals surface area (Å²) in [5.41, 5.74) is -1.03. The van der Waals surface area contributed by atoms with E-state index in [4.69, 9.17) is 0 Å². The van der Waals surface area contributed by atoms with Gasteiger partial charge in [-0.1, -0.05) is 0 Å². The van der Waals surface area contributed by atoms with Crippen molar-refractivity contribution in [1.82, 2.24) is 10.3 Å². The number of phenols is 2. The number of rotatable bonds is 1. The average molecular weight is 276 g/mol. The first-order chi connectivity index (χ1) is 9.19. The number of pyridine rings is 1. The van der Waals surface area contributed by atoms with E-state index in [9.17, 15) is 19.8 Å². The van der Waals surface area contributed by atoms with E-state index in [1.807, 2.05) is 20.8 Å². The molecule has 1 aromatic carbocycles. The fraction of sp³-hybridized carbons (Fsp3) is 0.286. The Morgan fingerprint density at radius 1 is 1.25 bits per heavy atom. The van der Waals surface area contributed by atoms with Crippen molar-refractivity contribution in [3.8, 4) is 11.5 Å². The maximum Gasteiger partial charge on any atom is 0.261 e. The third-order valence-electron chi connectivity index (χ3n) is 2.71. The summed E-state index contributed by atoms with van der Waals surface area (Å²) >= 11 is 0. The molecule has 0 aliphatic carbocycles. The molecule has 0 aliphatic rings. The minimum Gasteiger partial charge on any atom is -0.504 e. The minimum atomic E-state index is -0.625. The second-order valence-corrected chi connectivity index (χ2v) is 5.61. The summed E-state index contributed by atoms with van der Waals surface area (Å²) in [6, 6.07) is 4.18. The van der Waals surface area contributed by atoms with Crippen LogP contribution >= 0.6 is 0 Å². The zero-order chi connectivity index (χ0) is 15.1. The molecule has 0 bridgehead atoms. The summed E-state index contributed by atoms with van der Waals surface area (Å²) in [5, 5.41) is 22.2. The van der Waals surface area contributed by atoms with E-state index < -0.39 is 22.8 Å². The van der Waals surface area contributed by atoms with Gasteiger partial charge in [0.05, 0.1) is 5.52 Å². The summed E-state index contributed by atoms with van der Waals surface area (Å²) in [6.45, 7) is 5.43. The molecule has 6 nitrogen and oxygen atoms in total. The van der Waals surface area contributed by atoms with Crippen molar-refractivity contribution in [2.75, 3.05) is 0 Å². The monoisotopic (exact) mass is 276 g/mol. The topological polar surface area (TPSA) is 102 Å². The Kier molecular flexibility index (Phi) is 3.17. The summed E-state index contributed by atoms with van der Waals surface area (Å²) in [4.78, 5) is 26.4. The lowest BCUT2D eigenvalue weighted by Crippen LogP contribution is -2.42. The quantitative estimate of drug-likeness (QED) is 0.592. The number of phenolic OH excluding ortho intramolecular Hbond substituents is 2. The fourth-order valence-electron chi connectivity index (χ4n) is 1.83. The van der Waals surface area contributed by atoms with Crippen LogP contribution in [-0.2, 0) is 0 Å². The molecule has 0 saturated carbocycles. The highest BCUT2D eigenvalue weighted by molar-refractivity contribution is 5.98. The summed E-state index contributed by atoms with van der Waals surface area (Å²) in [5.74, 6) is -1.24. The van der Waals surface area contributed by atoms with Gasteiger partial charge in [-0.2, -0.15) is 0 Å². The van der Waals surface area contributed by atoms with Crippen molar-refractivity contribution < 1.29 is 15.0 Å². The van der Waals surface area contributed by atoms with Gasteiger partial charge in [-0.15, -0.1) is 0 Å². The third kappa shape index (κ3) is 2.59. The van der Waals surface area contributed by atoms with E-state index in [0.29, 0.717) is 5.39 Å². The van der Waals surface area contributed by atoms with Crippen molar-refractivity contribution in [1.29, 1.82) is 0 Å². The maximum atomic E-state index is 12.0. The average Bonchev–Trinajstić information content (AvgIpc) is 2.32. The normalized spacial score (nSPS) is 11.6. The number of hydrogen-bond acceptors (Lipinski definition) is 4. The van der Waals surface area contributed by atoms with Crippen LogP contribution in [0.5, 0.6) is 11.5 Å². The molecular formula is C14H16N2O4. The van der Waals surface area contributed by atoms with Gasteiger partial charge < -0.3 is 20.5 Å². The van der Waals surface area contributed by atoms with Crippen LogP contribution in [-0.4, -0.2) is 26.6 Å². The molecule has 0 saturated heterocycles. The van der Waals surface area contributed by atoms with E-state index in [0.717, 1.165) is 0 Å². The van der Waals surface area contributed by atoms with E-state index in [-0.39, 0.29) is 16.8 Å². The van der Waals surface area contributed by atoms with Crippen molar-refractivity contribution >= 4 is 16.8 Å². The highest BCUT2D eigenvalue weighted by Crippen LogP contribution is 2.31. The van der Waals surface area contributed by atoms with Crippen molar-refractivity contribution in [2.45, 2.75) is 26.3 Å². The Morgan fingerprint density at radius 2 is 1.90 bits per heavy atom. The van der Waals surface area contributed by atoms with E-state index >= 15 is 0 Å². The first-order valence-electron chi connectivity index (χ1n) is 6.09. The van der Waals surface area contributed by atoms with Gasteiger partial charge in [0.25, 0.3) is 11.5 Å². The highest BCUT2D eigenvalue weighted by atomic mass is 16.3. The second kappa shape index (κ2) is 4.56. The Morgan fingerprint density at radius 3 is 2.50 bits per heavy atom. The summed E-state index contributed by atoms with van der Waals surface area (Å²) < 4.78 is 0. The van der Waals surface area contributed by atoms with Gasteiger partial charge in [0.2, 0.25) is 0 Å². The number of benzene rings is 1. The van der Waals surface area contributed by atoms with Crippen LogP contribution < -0.4 is 10.9 Å². The molecular weight excluding hydrogens is 260 g/mol. The smallest absolute Gasteiger partial charge is 0.261 e. The third-order valence-corrected chi connectivity index (χ3v) is 2.71. The number of hydrogen-bond donors (Lipinski definition) is 4. The molecule has 0 atom stereocenters. The van der Waals surface area contributed by atoms with Crippen molar-refractivity contribution in [3.05, 3.63) is 34.1 Å². The largest absolute Gasteiger partial charge is 0.504 e. The number of carbonyl (C=O) groups excluding carboxylic acids is 1. The van der Waals surface area contributed by atoms with Gasteiger partial charge in [0.15, 0.2) is 11.5 Å². The Hall–Kier alpha value is -2.50. The van der Waals surface area contributed by atoms with E-state index in [2.05, 4.69) is 10.3 Å². The summed E-state index contributed by atoms with van der Waals surface area (Å²) in [6.07, 6.45) is 0. The predicted molar refractivity (Wildman–Crippen MR) is 75.1 cm³/mol. The lowest BCUT2D eigenvalue weighted by molar-refractivity contribution is 0.0918. The van der Waals surface area contributed by atoms with Gasteiger partial charge in [-0.05, 0) is 39.0 Å². The number of aromatic amines is 1.